The van der Waals surface area contributed by atoms with Crippen LogP contribution in [0.15, 0.2) is 48.9 Å². The quantitative estimate of drug-likeness (QED) is 0.528. The van der Waals surface area contributed by atoms with E-state index in [2.05, 4.69) is 35.8 Å². The molecule has 2 aromatic heterocycles. The summed E-state index contributed by atoms with van der Waals surface area (Å²) in [5, 5.41) is 9.25. The fourth-order valence-corrected chi connectivity index (χ4v) is 3.53. The number of amides is 3. The van der Waals surface area contributed by atoms with Gasteiger partial charge in [-0.2, -0.15) is 0 Å². The van der Waals surface area contributed by atoms with Crippen molar-refractivity contribution in [3.05, 3.63) is 48.9 Å². The highest BCUT2D eigenvalue weighted by Crippen LogP contribution is 2.24. The van der Waals surface area contributed by atoms with Gasteiger partial charge < -0.3 is 25.8 Å². The highest BCUT2D eigenvalue weighted by atomic mass is 16.2. The first-order valence-electron chi connectivity index (χ1n) is 9.61. The Balaban J connectivity index is 1.28. The molecule has 1 atom stereocenters. The number of aromatic amines is 1. The van der Waals surface area contributed by atoms with Crippen molar-refractivity contribution < 1.29 is 9.59 Å². The fraction of sp³-hybridized carbons (Fsp3) is 0.300. The van der Waals surface area contributed by atoms with E-state index in [1.807, 2.05) is 30.5 Å². The molecule has 0 unspecified atom stereocenters. The van der Waals surface area contributed by atoms with Gasteiger partial charge in [-0.25, -0.2) is 14.8 Å². The van der Waals surface area contributed by atoms with Crippen LogP contribution in [0.1, 0.15) is 12.8 Å². The number of nitrogens with zero attached hydrogens (tertiary/aromatic N) is 3. The van der Waals surface area contributed by atoms with Crippen LogP contribution in [0.3, 0.4) is 0 Å². The molecule has 1 fully saturated rings. The van der Waals surface area contributed by atoms with Gasteiger partial charge >= 0.3 is 6.03 Å². The van der Waals surface area contributed by atoms with Crippen LogP contribution in [0.2, 0.25) is 0 Å². The Morgan fingerprint density at radius 3 is 2.90 bits per heavy atom. The zero-order chi connectivity index (χ0) is 20.1. The summed E-state index contributed by atoms with van der Waals surface area (Å²) < 4.78 is 0. The Kier molecular flexibility index (Phi) is 5.55. The molecule has 0 bridgehead atoms. The third-order valence-electron chi connectivity index (χ3n) is 4.86. The van der Waals surface area contributed by atoms with E-state index in [-0.39, 0.29) is 18.5 Å². The lowest BCUT2D eigenvalue weighted by atomic mass is 10.1. The number of para-hydroxylation sites is 1. The van der Waals surface area contributed by atoms with Gasteiger partial charge in [-0.05, 0) is 31.0 Å². The lowest BCUT2D eigenvalue weighted by Crippen LogP contribution is -2.50. The largest absolute Gasteiger partial charge is 0.354 e. The Hall–Kier alpha value is -3.62. The van der Waals surface area contributed by atoms with E-state index in [1.54, 1.807) is 18.5 Å². The number of hydrogen-bond acceptors (Lipinski definition) is 5. The number of H-pyrrole nitrogens is 1. The zero-order valence-corrected chi connectivity index (χ0v) is 15.9. The molecule has 1 aliphatic rings. The molecule has 0 saturated carbocycles. The second-order valence-corrected chi connectivity index (χ2v) is 6.96. The number of piperidine rings is 1. The minimum Gasteiger partial charge on any atom is -0.354 e. The molecule has 4 N–H and O–H groups in total. The van der Waals surface area contributed by atoms with Gasteiger partial charge in [0.05, 0.1) is 11.9 Å². The summed E-state index contributed by atoms with van der Waals surface area (Å²) in [4.78, 5) is 38.1. The SMILES string of the molecule is O=C(CNC(=O)Nc1ccccc1)N[C@H]1CCCN(c2ncnc3[nH]ccc23)C1. The van der Waals surface area contributed by atoms with Gasteiger partial charge in [-0.1, -0.05) is 18.2 Å². The summed E-state index contributed by atoms with van der Waals surface area (Å²) in [5.74, 6) is 0.658. The molecule has 0 radical (unpaired) electrons. The Morgan fingerprint density at radius 1 is 1.17 bits per heavy atom. The van der Waals surface area contributed by atoms with Crippen LogP contribution in [0, 0.1) is 0 Å². The highest BCUT2D eigenvalue weighted by molar-refractivity contribution is 5.92. The van der Waals surface area contributed by atoms with E-state index in [0.29, 0.717) is 12.2 Å². The molecule has 3 heterocycles. The summed E-state index contributed by atoms with van der Waals surface area (Å²) >= 11 is 0. The van der Waals surface area contributed by atoms with Crippen LogP contribution in [0.4, 0.5) is 16.3 Å². The van der Waals surface area contributed by atoms with E-state index in [4.69, 9.17) is 0 Å². The van der Waals surface area contributed by atoms with Crippen LogP contribution in [-0.2, 0) is 4.79 Å². The van der Waals surface area contributed by atoms with Gasteiger partial charge in [0, 0.05) is 31.0 Å². The van der Waals surface area contributed by atoms with Crippen LogP contribution in [0.25, 0.3) is 11.0 Å². The predicted octanol–water partition coefficient (Wildman–Crippen LogP) is 1.86. The second-order valence-electron chi connectivity index (χ2n) is 6.96. The Bertz CT molecular complexity index is 989. The zero-order valence-electron chi connectivity index (χ0n) is 15.9. The normalized spacial score (nSPS) is 16.4. The molecule has 3 amide bonds. The second kappa shape index (κ2) is 8.59. The molecule has 0 aliphatic carbocycles. The van der Waals surface area contributed by atoms with Gasteiger partial charge in [0.25, 0.3) is 0 Å². The van der Waals surface area contributed by atoms with Crippen molar-refractivity contribution in [3.63, 3.8) is 0 Å². The number of hydrogen-bond donors (Lipinski definition) is 4. The number of carbonyl (C=O) groups excluding carboxylic acids is 2. The first kappa shape index (κ1) is 18.7. The minimum absolute atomic E-state index is 0.000748. The monoisotopic (exact) mass is 393 g/mol. The van der Waals surface area contributed by atoms with E-state index in [9.17, 15) is 9.59 Å². The third-order valence-corrected chi connectivity index (χ3v) is 4.86. The maximum absolute atomic E-state index is 12.3. The van der Waals surface area contributed by atoms with E-state index in [1.165, 1.54) is 0 Å². The van der Waals surface area contributed by atoms with Crippen LogP contribution < -0.4 is 20.9 Å². The fourth-order valence-electron chi connectivity index (χ4n) is 3.53. The Morgan fingerprint density at radius 2 is 2.03 bits per heavy atom. The molecule has 9 heteroatoms. The summed E-state index contributed by atoms with van der Waals surface area (Å²) in [5.41, 5.74) is 1.48. The molecule has 1 saturated heterocycles. The van der Waals surface area contributed by atoms with E-state index in [0.717, 1.165) is 36.2 Å². The summed E-state index contributed by atoms with van der Waals surface area (Å²) in [6, 6.07) is 10.6. The number of aromatic nitrogens is 3. The molecule has 9 nitrogen and oxygen atoms in total. The number of carbonyl (C=O) groups is 2. The van der Waals surface area contributed by atoms with Crippen molar-refractivity contribution >= 4 is 34.5 Å². The third kappa shape index (κ3) is 4.63. The number of anilines is 2. The number of benzene rings is 1. The van der Waals surface area contributed by atoms with Gasteiger partial charge in [0.1, 0.15) is 17.8 Å². The van der Waals surface area contributed by atoms with Crippen LogP contribution in [-0.4, -0.2) is 52.6 Å². The number of fused-ring (bicyclic) bond motifs is 1. The molecule has 4 rings (SSSR count). The highest BCUT2D eigenvalue weighted by Gasteiger charge is 2.24. The average Bonchev–Trinajstić information content (AvgIpc) is 3.22. The smallest absolute Gasteiger partial charge is 0.319 e. The van der Waals surface area contributed by atoms with Gasteiger partial charge in [-0.15, -0.1) is 0 Å². The molecular weight excluding hydrogens is 370 g/mol. The van der Waals surface area contributed by atoms with Crippen molar-refractivity contribution in [1.82, 2.24) is 25.6 Å². The van der Waals surface area contributed by atoms with E-state index >= 15 is 0 Å². The Labute approximate surface area is 167 Å². The number of nitrogens with one attached hydrogen (secondary N) is 4. The molecular formula is C20H23N7O2. The molecule has 0 spiro atoms. The summed E-state index contributed by atoms with van der Waals surface area (Å²) in [7, 11) is 0. The standard InChI is InChI=1S/C20H23N7O2/c28-17(11-22-20(29)26-14-5-2-1-3-6-14)25-15-7-4-10-27(12-15)19-16-8-9-21-18(16)23-13-24-19/h1-3,5-6,8-9,13,15H,4,7,10-12H2,(H,25,28)(H,21,23,24)(H2,22,26,29)/t15-/m0/s1. The number of rotatable bonds is 5. The lowest BCUT2D eigenvalue weighted by Gasteiger charge is -2.34. The topological polar surface area (TPSA) is 115 Å². The summed E-state index contributed by atoms with van der Waals surface area (Å²) in [6.07, 6.45) is 5.23. The average molecular weight is 393 g/mol. The predicted molar refractivity (Wildman–Crippen MR) is 111 cm³/mol. The summed E-state index contributed by atoms with van der Waals surface area (Å²) in [6.45, 7) is 1.46. The van der Waals surface area contributed by atoms with Gasteiger partial charge in [0.15, 0.2) is 0 Å². The first-order chi connectivity index (χ1) is 14.2. The molecule has 29 heavy (non-hydrogen) atoms. The van der Waals surface area contributed by atoms with Crippen molar-refractivity contribution in [3.8, 4) is 0 Å². The van der Waals surface area contributed by atoms with E-state index < -0.39 is 6.03 Å². The molecule has 1 aliphatic heterocycles. The molecule has 3 aromatic rings. The minimum atomic E-state index is -0.410. The van der Waals surface area contributed by atoms with Crippen molar-refractivity contribution in [2.24, 2.45) is 0 Å². The number of urea groups is 1. The molecule has 150 valence electrons. The van der Waals surface area contributed by atoms with Gasteiger partial charge in [0.2, 0.25) is 5.91 Å². The van der Waals surface area contributed by atoms with Crippen molar-refractivity contribution in [1.29, 1.82) is 0 Å². The first-order valence-corrected chi connectivity index (χ1v) is 9.61. The lowest BCUT2D eigenvalue weighted by molar-refractivity contribution is -0.120. The van der Waals surface area contributed by atoms with Gasteiger partial charge in [-0.3, -0.25) is 4.79 Å². The maximum atomic E-state index is 12.3. The van der Waals surface area contributed by atoms with Crippen LogP contribution in [0.5, 0.6) is 0 Å². The van der Waals surface area contributed by atoms with Crippen molar-refractivity contribution in [2.45, 2.75) is 18.9 Å². The van der Waals surface area contributed by atoms with Crippen molar-refractivity contribution in [2.75, 3.05) is 29.9 Å². The maximum Gasteiger partial charge on any atom is 0.319 e. The molecule has 1 aromatic carbocycles. The van der Waals surface area contributed by atoms with Crippen LogP contribution >= 0.6 is 0 Å².